The summed E-state index contributed by atoms with van der Waals surface area (Å²) in [6.45, 7) is 10.5. The van der Waals surface area contributed by atoms with E-state index < -0.39 is 0 Å². The Labute approximate surface area is 139 Å². The monoisotopic (exact) mass is 313 g/mol. The van der Waals surface area contributed by atoms with Crippen molar-refractivity contribution >= 4 is 5.82 Å². The number of nitrogens with one attached hydrogen (secondary N) is 1. The van der Waals surface area contributed by atoms with Crippen LogP contribution in [0.15, 0.2) is 18.2 Å². The Bertz CT molecular complexity index is 679. The van der Waals surface area contributed by atoms with E-state index in [1.807, 2.05) is 6.92 Å². The summed E-state index contributed by atoms with van der Waals surface area (Å²) in [4.78, 5) is 9.45. The van der Waals surface area contributed by atoms with Gasteiger partial charge in [-0.1, -0.05) is 37.6 Å². The third kappa shape index (κ3) is 3.81. The smallest absolute Gasteiger partial charge is 0.242 e. The molecule has 23 heavy (non-hydrogen) atoms. The summed E-state index contributed by atoms with van der Waals surface area (Å²) in [5, 5.41) is 3.47. The van der Waals surface area contributed by atoms with Crippen LogP contribution in [0.4, 0.5) is 5.82 Å². The molecule has 124 valence electrons. The molecule has 0 saturated carbocycles. The second-order valence-corrected chi connectivity index (χ2v) is 5.99. The van der Waals surface area contributed by atoms with E-state index in [4.69, 9.17) is 9.72 Å². The first kappa shape index (κ1) is 17.3. The van der Waals surface area contributed by atoms with Crippen molar-refractivity contribution in [1.29, 1.82) is 0 Å². The number of nitrogens with zero attached hydrogens (tertiary/aromatic N) is 2. The van der Waals surface area contributed by atoms with E-state index in [1.165, 1.54) is 11.1 Å². The van der Waals surface area contributed by atoms with Gasteiger partial charge in [-0.3, -0.25) is 0 Å². The zero-order valence-corrected chi connectivity index (χ0v) is 15.0. The highest BCUT2D eigenvalue weighted by Gasteiger charge is 2.16. The van der Waals surface area contributed by atoms with Crippen LogP contribution in [0.25, 0.3) is 11.3 Å². The summed E-state index contributed by atoms with van der Waals surface area (Å²) in [5.74, 6) is 1.38. The number of rotatable bonds is 6. The van der Waals surface area contributed by atoms with Crippen LogP contribution in [0, 0.1) is 20.8 Å². The number of hydrogen-bond donors (Lipinski definition) is 1. The van der Waals surface area contributed by atoms with Crippen molar-refractivity contribution < 1.29 is 4.74 Å². The highest BCUT2D eigenvalue weighted by molar-refractivity contribution is 5.70. The molecule has 1 aromatic carbocycles. The first-order valence-electron chi connectivity index (χ1n) is 8.26. The van der Waals surface area contributed by atoms with Crippen molar-refractivity contribution in [2.45, 2.75) is 53.5 Å². The molecule has 4 heteroatoms. The number of aromatic nitrogens is 2. The molecule has 2 rings (SSSR count). The van der Waals surface area contributed by atoms with Gasteiger partial charge in [0.05, 0.1) is 12.8 Å². The van der Waals surface area contributed by atoms with Crippen LogP contribution in [0.3, 0.4) is 0 Å². The average molecular weight is 313 g/mol. The molecule has 0 bridgehead atoms. The van der Waals surface area contributed by atoms with Gasteiger partial charge < -0.3 is 10.1 Å². The predicted molar refractivity (Wildman–Crippen MR) is 96.2 cm³/mol. The van der Waals surface area contributed by atoms with Gasteiger partial charge in [0.1, 0.15) is 5.69 Å². The largest absolute Gasteiger partial charge is 0.479 e. The minimum absolute atomic E-state index is 0.402. The zero-order valence-electron chi connectivity index (χ0n) is 15.0. The Morgan fingerprint density at radius 2 is 1.78 bits per heavy atom. The number of benzene rings is 1. The van der Waals surface area contributed by atoms with Crippen molar-refractivity contribution in [3.05, 3.63) is 35.0 Å². The Morgan fingerprint density at radius 1 is 1.09 bits per heavy atom. The fraction of sp³-hybridized carbons (Fsp3) is 0.474. The Morgan fingerprint density at radius 3 is 2.35 bits per heavy atom. The molecule has 0 aliphatic heterocycles. The van der Waals surface area contributed by atoms with Crippen molar-refractivity contribution in [3.63, 3.8) is 0 Å². The molecule has 0 unspecified atom stereocenters. The van der Waals surface area contributed by atoms with Crippen LogP contribution >= 0.6 is 0 Å². The third-order valence-corrected chi connectivity index (χ3v) is 4.19. The Kier molecular flexibility index (Phi) is 5.59. The van der Waals surface area contributed by atoms with Gasteiger partial charge in [0.25, 0.3) is 0 Å². The molecule has 0 radical (unpaired) electrons. The molecule has 0 atom stereocenters. The van der Waals surface area contributed by atoms with Crippen LogP contribution in [0.5, 0.6) is 5.88 Å². The van der Waals surface area contributed by atoms with Crippen LogP contribution < -0.4 is 10.1 Å². The average Bonchev–Trinajstić information content (AvgIpc) is 2.53. The molecule has 2 aromatic rings. The summed E-state index contributed by atoms with van der Waals surface area (Å²) in [5.41, 5.74) is 5.18. The van der Waals surface area contributed by atoms with Crippen molar-refractivity contribution in [1.82, 2.24) is 9.97 Å². The van der Waals surface area contributed by atoms with Crippen LogP contribution in [-0.2, 0) is 0 Å². The highest BCUT2D eigenvalue weighted by atomic mass is 16.5. The van der Waals surface area contributed by atoms with Gasteiger partial charge in [-0.05, 0) is 39.2 Å². The van der Waals surface area contributed by atoms with E-state index in [1.54, 1.807) is 7.11 Å². The van der Waals surface area contributed by atoms with Crippen molar-refractivity contribution in [3.8, 4) is 17.1 Å². The summed E-state index contributed by atoms with van der Waals surface area (Å²) >= 11 is 0. The maximum Gasteiger partial charge on any atom is 0.242 e. The molecule has 1 N–H and O–H groups in total. The molecule has 0 saturated heterocycles. The lowest BCUT2D eigenvalue weighted by Gasteiger charge is -2.19. The van der Waals surface area contributed by atoms with Crippen molar-refractivity contribution in [2.75, 3.05) is 12.4 Å². The molecule has 0 amide bonds. The van der Waals surface area contributed by atoms with Gasteiger partial charge in [-0.2, -0.15) is 4.98 Å². The van der Waals surface area contributed by atoms with E-state index >= 15 is 0 Å². The minimum atomic E-state index is 0.402. The number of hydrogen-bond acceptors (Lipinski definition) is 4. The zero-order chi connectivity index (χ0) is 17.0. The van der Waals surface area contributed by atoms with E-state index in [0.29, 0.717) is 11.9 Å². The molecule has 0 aliphatic rings. The normalized spacial score (nSPS) is 10.9. The SMILES string of the molecule is CCC(CC)Nc1nc(OC)c(-c2ccc(C)cc2C)nc1C. The summed E-state index contributed by atoms with van der Waals surface area (Å²) < 4.78 is 5.52. The Hall–Kier alpha value is -2.10. The topological polar surface area (TPSA) is 47.0 Å². The molecular formula is C19H27N3O. The van der Waals surface area contributed by atoms with Crippen LogP contribution in [-0.4, -0.2) is 23.1 Å². The van der Waals surface area contributed by atoms with E-state index in [-0.39, 0.29) is 0 Å². The molecule has 1 aromatic heterocycles. The molecule has 0 spiro atoms. The van der Waals surface area contributed by atoms with E-state index in [9.17, 15) is 0 Å². The van der Waals surface area contributed by atoms with E-state index in [2.05, 4.69) is 56.2 Å². The number of aryl methyl sites for hydroxylation is 3. The number of ether oxygens (including phenoxy) is 1. The first-order valence-corrected chi connectivity index (χ1v) is 8.26. The van der Waals surface area contributed by atoms with Gasteiger partial charge in [0.2, 0.25) is 5.88 Å². The van der Waals surface area contributed by atoms with Gasteiger partial charge in [0, 0.05) is 11.6 Å². The highest BCUT2D eigenvalue weighted by Crippen LogP contribution is 2.31. The van der Waals surface area contributed by atoms with Gasteiger partial charge in [0.15, 0.2) is 5.82 Å². The third-order valence-electron chi connectivity index (χ3n) is 4.19. The maximum absolute atomic E-state index is 5.52. The summed E-state index contributed by atoms with van der Waals surface area (Å²) in [6.07, 6.45) is 2.11. The number of methoxy groups -OCH3 is 1. The molecule has 4 nitrogen and oxygen atoms in total. The van der Waals surface area contributed by atoms with Crippen LogP contribution in [0.1, 0.15) is 43.5 Å². The molecule has 1 heterocycles. The molecular weight excluding hydrogens is 286 g/mol. The Balaban J connectivity index is 2.48. The quantitative estimate of drug-likeness (QED) is 0.841. The molecule has 0 fully saturated rings. The second-order valence-electron chi connectivity index (χ2n) is 5.99. The minimum Gasteiger partial charge on any atom is -0.479 e. The van der Waals surface area contributed by atoms with Gasteiger partial charge in [-0.25, -0.2) is 4.98 Å². The lowest BCUT2D eigenvalue weighted by atomic mass is 10.0. The lowest BCUT2D eigenvalue weighted by Crippen LogP contribution is -2.19. The number of anilines is 1. The van der Waals surface area contributed by atoms with E-state index in [0.717, 1.165) is 35.6 Å². The van der Waals surface area contributed by atoms with Crippen molar-refractivity contribution in [2.24, 2.45) is 0 Å². The maximum atomic E-state index is 5.52. The summed E-state index contributed by atoms with van der Waals surface area (Å²) in [6, 6.07) is 6.74. The fourth-order valence-electron chi connectivity index (χ4n) is 2.72. The first-order chi connectivity index (χ1) is 11.0. The predicted octanol–water partition coefficient (Wildman–Crippen LogP) is 4.68. The van der Waals surface area contributed by atoms with Gasteiger partial charge in [-0.15, -0.1) is 0 Å². The second kappa shape index (κ2) is 7.44. The van der Waals surface area contributed by atoms with Crippen LogP contribution in [0.2, 0.25) is 0 Å². The summed E-state index contributed by atoms with van der Waals surface area (Å²) in [7, 11) is 1.65. The molecule has 0 aliphatic carbocycles. The fourth-order valence-corrected chi connectivity index (χ4v) is 2.72. The lowest BCUT2D eigenvalue weighted by molar-refractivity contribution is 0.398. The standard InChI is InChI=1S/C19H27N3O/c1-7-15(8-2)21-18-14(5)20-17(19(22-18)23-6)16-10-9-12(3)11-13(16)4/h9-11,15H,7-8H2,1-6H3,(H,21,22). The van der Waals surface area contributed by atoms with Gasteiger partial charge >= 0.3 is 0 Å².